The van der Waals surface area contributed by atoms with Crippen LogP contribution in [-0.2, 0) is 19.7 Å². The lowest BCUT2D eigenvalue weighted by Gasteiger charge is -1.97. The smallest absolute Gasteiger partial charge is 0.264 e. The van der Waals surface area contributed by atoms with Crippen LogP contribution in [0.3, 0.4) is 0 Å². The van der Waals surface area contributed by atoms with Crippen LogP contribution in [0.1, 0.15) is 0 Å². The van der Waals surface area contributed by atoms with Gasteiger partial charge in [-0.25, -0.2) is 9.29 Å². The van der Waals surface area contributed by atoms with Crippen molar-refractivity contribution in [3.05, 3.63) is 0 Å². The first-order chi connectivity index (χ1) is 5.06. The fourth-order valence-electron chi connectivity index (χ4n) is 0.359. The van der Waals surface area contributed by atoms with Crippen LogP contribution in [0.5, 0.6) is 0 Å². The number of hydrogen-bond donors (Lipinski definition) is 1. The molecule has 0 aromatic rings. The molecule has 0 saturated carbocycles. The van der Waals surface area contributed by atoms with Crippen LogP contribution in [0.15, 0.2) is 0 Å². The van der Waals surface area contributed by atoms with E-state index >= 15 is 0 Å². The second-order valence-electron chi connectivity index (χ2n) is 1.57. The molecule has 7 heteroatoms. The number of thioether (sulfide) groups is 1. The van der Waals surface area contributed by atoms with E-state index in [-0.39, 0.29) is 13.2 Å². The summed E-state index contributed by atoms with van der Waals surface area (Å²) in [6.45, 7) is -0.292. The highest BCUT2D eigenvalue weighted by atomic mass is 32.3. The summed E-state index contributed by atoms with van der Waals surface area (Å²) in [6, 6.07) is 0. The molecule has 0 spiro atoms. The predicted octanol–water partition coefficient (Wildman–Crippen LogP) is -0.0305. The summed E-state index contributed by atoms with van der Waals surface area (Å²) < 4.78 is 31.9. The van der Waals surface area contributed by atoms with E-state index in [0.717, 1.165) is 0 Å². The van der Waals surface area contributed by atoms with Gasteiger partial charge in [-0.2, -0.15) is 20.2 Å². The highest BCUT2D eigenvalue weighted by molar-refractivity contribution is 7.99. The zero-order valence-electron chi connectivity index (χ0n) is 5.73. The van der Waals surface area contributed by atoms with Crippen LogP contribution < -0.4 is 0 Å². The molecule has 0 aliphatic carbocycles. The van der Waals surface area contributed by atoms with Crippen molar-refractivity contribution in [1.29, 1.82) is 0 Å². The quantitative estimate of drug-likeness (QED) is 0.482. The van der Waals surface area contributed by atoms with E-state index < -0.39 is 10.4 Å². The summed E-state index contributed by atoms with van der Waals surface area (Å²) in [5.41, 5.74) is 0. The minimum atomic E-state index is -4.30. The molecule has 0 aromatic heterocycles. The van der Waals surface area contributed by atoms with Gasteiger partial charge in [0.2, 0.25) is 0 Å². The topological polar surface area (TPSA) is 83.5 Å². The third-order valence-electron chi connectivity index (χ3n) is 0.688. The molecule has 0 atom stereocenters. The first-order valence-electron chi connectivity index (χ1n) is 2.84. The van der Waals surface area contributed by atoms with Crippen LogP contribution in [0, 0.1) is 0 Å². The van der Waals surface area contributed by atoms with Crippen molar-refractivity contribution in [3.8, 4) is 0 Å². The second-order valence-corrected chi connectivity index (χ2v) is 3.88. The van der Waals surface area contributed by atoms with Crippen LogP contribution in [0.2, 0.25) is 0 Å². The summed E-state index contributed by atoms with van der Waals surface area (Å²) in [5, 5.41) is 9.86. The summed E-state index contributed by atoms with van der Waals surface area (Å²) >= 11 is 1.28. The molecule has 0 rings (SSSR count). The summed E-state index contributed by atoms with van der Waals surface area (Å²) in [4.78, 5) is 0. The Morgan fingerprint density at radius 3 is 2.45 bits per heavy atom. The summed E-state index contributed by atoms with van der Waals surface area (Å²) in [5.74, 6) is 0.816. The Morgan fingerprint density at radius 1 is 1.36 bits per heavy atom. The van der Waals surface area contributed by atoms with Gasteiger partial charge in [0.05, 0.1) is 13.2 Å². The second kappa shape index (κ2) is 5.78. The molecule has 1 N–H and O–H groups in total. The Hall–Kier alpha value is 0.180. The van der Waals surface area contributed by atoms with Crippen LogP contribution in [0.25, 0.3) is 0 Å². The highest BCUT2D eigenvalue weighted by Gasteiger charge is 2.02. The Morgan fingerprint density at radius 2 is 2.00 bits per heavy atom. The zero-order chi connectivity index (χ0) is 8.74. The van der Waals surface area contributed by atoms with Gasteiger partial charge in [0.1, 0.15) is 0 Å². The minimum absolute atomic E-state index is 0.0938. The monoisotopic (exact) mass is 201 g/mol. The SMILES string of the molecule is [O]CCSCCOS(=O)(=O)O. The van der Waals surface area contributed by atoms with Crippen molar-refractivity contribution in [3.63, 3.8) is 0 Å². The average molecular weight is 201 g/mol. The van der Waals surface area contributed by atoms with E-state index in [1.165, 1.54) is 11.8 Å². The third kappa shape index (κ3) is 10.2. The molecule has 5 nitrogen and oxygen atoms in total. The van der Waals surface area contributed by atoms with Crippen molar-refractivity contribution < 1.29 is 22.3 Å². The largest absolute Gasteiger partial charge is 0.397 e. The summed E-state index contributed by atoms with van der Waals surface area (Å²) in [6.07, 6.45) is 0. The zero-order valence-corrected chi connectivity index (χ0v) is 7.36. The Kier molecular flexibility index (Phi) is 5.88. The molecule has 0 fully saturated rings. The van der Waals surface area contributed by atoms with Gasteiger partial charge in [-0.3, -0.25) is 4.55 Å². The molecule has 0 saturated heterocycles. The standard InChI is InChI=1S/C4H9O5S2/c5-1-3-10-4-2-9-11(6,7)8/h1-4H2,(H,6,7,8). The molecule has 0 amide bonds. The fraction of sp³-hybridized carbons (Fsp3) is 1.00. The van der Waals surface area contributed by atoms with Crippen LogP contribution in [0.4, 0.5) is 0 Å². The Balaban J connectivity index is 3.16. The number of hydrogen-bond acceptors (Lipinski definition) is 4. The number of rotatable bonds is 6. The third-order valence-corrected chi connectivity index (χ3v) is 2.06. The van der Waals surface area contributed by atoms with Crippen molar-refractivity contribution in [2.45, 2.75) is 0 Å². The van der Waals surface area contributed by atoms with E-state index in [1.807, 2.05) is 0 Å². The van der Waals surface area contributed by atoms with Crippen LogP contribution >= 0.6 is 11.8 Å². The molecular weight excluding hydrogens is 192 g/mol. The molecule has 0 aliphatic rings. The van der Waals surface area contributed by atoms with Gasteiger partial charge >= 0.3 is 10.4 Å². The first kappa shape index (κ1) is 11.2. The Labute approximate surface area is 69.7 Å². The maximum Gasteiger partial charge on any atom is 0.397 e. The van der Waals surface area contributed by atoms with Crippen molar-refractivity contribution in [2.24, 2.45) is 0 Å². The van der Waals surface area contributed by atoms with Gasteiger partial charge < -0.3 is 0 Å². The maximum atomic E-state index is 9.93. The molecule has 1 radical (unpaired) electrons. The molecule has 0 aliphatic heterocycles. The lowest BCUT2D eigenvalue weighted by atomic mass is 10.9. The van der Waals surface area contributed by atoms with Crippen LogP contribution in [-0.4, -0.2) is 37.7 Å². The minimum Gasteiger partial charge on any atom is -0.264 e. The van der Waals surface area contributed by atoms with Gasteiger partial charge in [-0.15, -0.1) is 0 Å². The maximum absolute atomic E-state index is 9.93. The van der Waals surface area contributed by atoms with E-state index in [9.17, 15) is 13.5 Å². The van der Waals surface area contributed by atoms with Gasteiger partial charge in [-0.05, 0) is 0 Å². The molecule has 0 aromatic carbocycles. The fourth-order valence-corrected chi connectivity index (χ4v) is 1.28. The van der Waals surface area contributed by atoms with Gasteiger partial charge in [0.15, 0.2) is 0 Å². The van der Waals surface area contributed by atoms with E-state index in [2.05, 4.69) is 4.18 Å². The lowest BCUT2D eigenvalue weighted by Crippen LogP contribution is -2.06. The van der Waals surface area contributed by atoms with E-state index in [4.69, 9.17) is 4.55 Å². The van der Waals surface area contributed by atoms with Gasteiger partial charge in [0.25, 0.3) is 0 Å². The van der Waals surface area contributed by atoms with Gasteiger partial charge in [0, 0.05) is 11.5 Å². The predicted molar refractivity (Wildman–Crippen MR) is 40.4 cm³/mol. The lowest BCUT2D eigenvalue weighted by molar-refractivity contribution is 0.215. The molecule has 0 bridgehead atoms. The van der Waals surface area contributed by atoms with Gasteiger partial charge in [-0.1, -0.05) is 0 Å². The molecular formula is C4H9O5S2. The Bertz CT molecular complexity index is 175. The highest BCUT2D eigenvalue weighted by Crippen LogP contribution is 1.98. The molecule has 0 heterocycles. The van der Waals surface area contributed by atoms with Crippen molar-refractivity contribution in [2.75, 3.05) is 24.7 Å². The summed E-state index contributed by atoms with van der Waals surface area (Å²) in [7, 11) is -4.30. The first-order valence-corrected chi connectivity index (χ1v) is 5.36. The molecule has 0 unspecified atom stereocenters. The molecule has 11 heavy (non-hydrogen) atoms. The van der Waals surface area contributed by atoms with E-state index in [0.29, 0.717) is 11.5 Å². The van der Waals surface area contributed by atoms with E-state index in [1.54, 1.807) is 0 Å². The normalized spacial score (nSPS) is 11.8. The van der Waals surface area contributed by atoms with Crippen molar-refractivity contribution in [1.82, 2.24) is 0 Å². The average Bonchev–Trinajstić information content (AvgIpc) is 1.85. The molecule has 67 valence electrons. The van der Waals surface area contributed by atoms with Crippen molar-refractivity contribution >= 4 is 22.2 Å².